The summed E-state index contributed by atoms with van der Waals surface area (Å²) in [5.74, 6) is -1.47. The molecule has 34 heavy (non-hydrogen) atoms. The van der Waals surface area contributed by atoms with Crippen molar-refractivity contribution in [3.05, 3.63) is 63.7 Å². The van der Waals surface area contributed by atoms with Crippen LogP contribution in [-0.4, -0.2) is 61.0 Å². The maximum Gasteiger partial charge on any atom is 0.418 e. The summed E-state index contributed by atoms with van der Waals surface area (Å²) in [5.41, 5.74) is -1.24. The summed E-state index contributed by atoms with van der Waals surface area (Å²) >= 11 is 0. The fourth-order valence-electron chi connectivity index (χ4n) is 3.59. The minimum absolute atomic E-state index is 0.0291. The lowest BCUT2D eigenvalue weighted by Crippen LogP contribution is -2.40. The van der Waals surface area contributed by atoms with Crippen molar-refractivity contribution in [3.63, 3.8) is 0 Å². The van der Waals surface area contributed by atoms with Crippen molar-refractivity contribution in [1.82, 2.24) is 4.90 Å². The molecule has 0 bridgehead atoms. The first-order chi connectivity index (χ1) is 16.1. The zero-order valence-corrected chi connectivity index (χ0v) is 18.3. The average Bonchev–Trinajstić information content (AvgIpc) is 2.82. The standard InChI is InChI=1S/C22H23F3N4O5/c1-2-27(14-20(30)26-18-6-4-3-5-17(18)22(23,24)25)21(31)16-13-15(29(32)33)7-8-19(16)28-9-11-34-12-10-28/h3-8,13H,2,9-12,14H2,1H3,(H,26,30). The number of hydrogen-bond acceptors (Lipinski definition) is 6. The van der Waals surface area contributed by atoms with Gasteiger partial charge in [-0.15, -0.1) is 0 Å². The molecule has 2 aromatic rings. The normalized spacial score (nSPS) is 13.9. The van der Waals surface area contributed by atoms with Gasteiger partial charge in [-0.1, -0.05) is 12.1 Å². The lowest BCUT2D eigenvalue weighted by atomic mass is 10.1. The van der Waals surface area contributed by atoms with E-state index in [0.717, 1.165) is 23.1 Å². The first-order valence-corrected chi connectivity index (χ1v) is 10.5. The molecule has 1 saturated heterocycles. The molecule has 182 valence electrons. The fourth-order valence-corrected chi connectivity index (χ4v) is 3.59. The molecular formula is C22H23F3N4O5. The lowest BCUT2D eigenvalue weighted by Gasteiger charge is -2.31. The second-order valence-corrected chi connectivity index (χ2v) is 7.47. The van der Waals surface area contributed by atoms with E-state index in [1.807, 2.05) is 4.90 Å². The number of para-hydroxylation sites is 1. The van der Waals surface area contributed by atoms with Crippen molar-refractivity contribution in [3.8, 4) is 0 Å². The number of hydrogen-bond donors (Lipinski definition) is 1. The van der Waals surface area contributed by atoms with E-state index in [4.69, 9.17) is 4.74 Å². The smallest absolute Gasteiger partial charge is 0.378 e. The number of non-ortho nitro benzene ring substituents is 1. The Kier molecular flexibility index (Phi) is 7.72. The Morgan fingerprint density at radius 1 is 1.18 bits per heavy atom. The Morgan fingerprint density at radius 2 is 1.85 bits per heavy atom. The van der Waals surface area contributed by atoms with Gasteiger partial charge in [0.05, 0.1) is 40.6 Å². The first kappa shape index (κ1) is 25.0. The van der Waals surface area contributed by atoms with Crippen molar-refractivity contribution in [2.24, 2.45) is 0 Å². The number of likely N-dealkylation sites (N-methyl/N-ethyl adjacent to an activating group) is 1. The largest absolute Gasteiger partial charge is 0.418 e. The third kappa shape index (κ3) is 5.81. The molecule has 0 radical (unpaired) electrons. The molecule has 12 heteroatoms. The number of carbonyl (C=O) groups is 2. The molecule has 0 saturated carbocycles. The van der Waals surface area contributed by atoms with Gasteiger partial charge < -0.3 is 19.9 Å². The van der Waals surface area contributed by atoms with Gasteiger partial charge >= 0.3 is 6.18 Å². The third-order valence-corrected chi connectivity index (χ3v) is 5.28. The maximum atomic E-state index is 13.3. The van der Waals surface area contributed by atoms with Crippen molar-refractivity contribution in [2.45, 2.75) is 13.1 Å². The Hall–Kier alpha value is -3.67. The molecule has 2 amide bonds. The molecule has 3 rings (SSSR count). The number of anilines is 2. The van der Waals surface area contributed by atoms with Crippen molar-refractivity contribution < 1.29 is 32.4 Å². The van der Waals surface area contributed by atoms with Crippen LogP contribution >= 0.6 is 0 Å². The molecule has 2 aromatic carbocycles. The van der Waals surface area contributed by atoms with Crippen LogP contribution in [-0.2, 0) is 15.7 Å². The van der Waals surface area contributed by atoms with Gasteiger partial charge in [-0.25, -0.2) is 0 Å². The van der Waals surface area contributed by atoms with Crippen LogP contribution in [0.4, 0.5) is 30.2 Å². The van der Waals surface area contributed by atoms with E-state index >= 15 is 0 Å². The SMILES string of the molecule is CCN(CC(=O)Nc1ccccc1C(F)(F)F)C(=O)c1cc([N+](=O)[O-])ccc1N1CCOCC1. The van der Waals surface area contributed by atoms with Gasteiger partial charge in [-0.2, -0.15) is 13.2 Å². The monoisotopic (exact) mass is 480 g/mol. The molecule has 9 nitrogen and oxygen atoms in total. The first-order valence-electron chi connectivity index (χ1n) is 10.5. The lowest BCUT2D eigenvalue weighted by molar-refractivity contribution is -0.384. The number of alkyl halides is 3. The summed E-state index contributed by atoms with van der Waals surface area (Å²) in [6.07, 6.45) is -4.67. The van der Waals surface area contributed by atoms with E-state index in [1.165, 1.54) is 24.3 Å². The number of rotatable bonds is 7. The Morgan fingerprint density at radius 3 is 2.47 bits per heavy atom. The molecule has 0 aromatic heterocycles. The minimum Gasteiger partial charge on any atom is -0.378 e. The molecule has 0 spiro atoms. The highest BCUT2D eigenvalue weighted by Gasteiger charge is 2.34. The van der Waals surface area contributed by atoms with E-state index in [-0.39, 0.29) is 17.8 Å². The number of nitrogens with one attached hydrogen (secondary N) is 1. The van der Waals surface area contributed by atoms with Gasteiger partial charge in [0, 0.05) is 31.8 Å². The van der Waals surface area contributed by atoms with Gasteiger partial charge in [-0.05, 0) is 25.1 Å². The number of amides is 2. The summed E-state index contributed by atoms with van der Waals surface area (Å²) in [7, 11) is 0. The quantitative estimate of drug-likeness (QED) is 0.480. The predicted molar refractivity (Wildman–Crippen MR) is 118 cm³/mol. The highest BCUT2D eigenvalue weighted by molar-refractivity contribution is 6.03. The second kappa shape index (κ2) is 10.5. The van der Waals surface area contributed by atoms with E-state index in [2.05, 4.69) is 5.32 Å². The molecule has 1 aliphatic heterocycles. The van der Waals surface area contributed by atoms with E-state index in [0.29, 0.717) is 32.0 Å². The van der Waals surface area contributed by atoms with E-state index in [9.17, 15) is 32.9 Å². The van der Waals surface area contributed by atoms with E-state index < -0.39 is 40.7 Å². The number of nitro groups is 1. The van der Waals surface area contributed by atoms with Gasteiger partial charge in [-0.3, -0.25) is 19.7 Å². The van der Waals surface area contributed by atoms with Crippen LogP contribution in [0.15, 0.2) is 42.5 Å². The summed E-state index contributed by atoms with van der Waals surface area (Å²) in [6.45, 7) is 2.90. The van der Waals surface area contributed by atoms with Crippen molar-refractivity contribution in [1.29, 1.82) is 0 Å². The number of benzene rings is 2. The summed E-state index contributed by atoms with van der Waals surface area (Å²) in [6, 6.07) is 8.43. The van der Waals surface area contributed by atoms with Crippen molar-refractivity contribution >= 4 is 28.9 Å². The summed E-state index contributed by atoms with van der Waals surface area (Å²) < 4.78 is 45.0. The number of halogens is 3. The van der Waals surface area contributed by atoms with Gasteiger partial charge in [0.2, 0.25) is 5.91 Å². The summed E-state index contributed by atoms with van der Waals surface area (Å²) in [5, 5.41) is 13.5. The van der Waals surface area contributed by atoms with Crippen LogP contribution in [0.5, 0.6) is 0 Å². The number of carbonyl (C=O) groups excluding carboxylic acids is 2. The molecule has 1 N–H and O–H groups in total. The van der Waals surface area contributed by atoms with Gasteiger partial charge in [0.25, 0.3) is 11.6 Å². The van der Waals surface area contributed by atoms with Gasteiger partial charge in [0.15, 0.2) is 0 Å². The minimum atomic E-state index is -4.67. The zero-order valence-electron chi connectivity index (χ0n) is 18.3. The highest BCUT2D eigenvalue weighted by Crippen LogP contribution is 2.34. The topological polar surface area (TPSA) is 105 Å². The molecule has 1 aliphatic rings. The zero-order chi connectivity index (χ0) is 24.9. The van der Waals surface area contributed by atoms with Crippen LogP contribution in [0.3, 0.4) is 0 Å². The molecule has 1 heterocycles. The Labute approximate surface area is 193 Å². The highest BCUT2D eigenvalue weighted by atomic mass is 19.4. The van der Waals surface area contributed by atoms with Crippen LogP contribution in [0.1, 0.15) is 22.8 Å². The van der Waals surface area contributed by atoms with Gasteiger partial charge in [0.1, 0.15) is 6.54 Å². The number of nitro benzene ring substituents is 1. The Balaban J connectivity index is 1.85. The molecule has 0 aliphatic carbocycles. The number of nitrogens with zero attached hydrogens (tertiary/aromatic N) is 3. The maximum absolute atomic E-state index is 13.3. The van der Waals surface area contributed by atoms with Crippen LogP contribution in [0.2, 0.25) is 0 Å². The van der Waals surface area contributed by atoms with E-state index in [1.54, 1.807) is 6.92 Å². The average molecular weight is 480 g/mol. The van der Waals surface area contributed by atoms with Crippen molar-refractivity contribution in [2.75, 3.05) is 49.6 Å². The Bertz CT molecular complexity index is 1070. The van der Waals surface area contributed by atoms with Crippen LogP contribution in [0.25, 0.3) is 0 Å². The number of ether oxygens (including phenoxy) is 1. The third-order valence-electron chi connectivity index (χ3n) is 5.28. The van der Waals surface area contributed by atoms with Crippen LogP contribution in [0, 0.1) is 10.1 Å². The second-order valence-electron chi connectivity index (χ2n) is 7.47. The molecule has 1 fully saturated rings. The van der Waals surface area contributed by atoms with Crippen LogP contribution < -0.4 is 10.2 Å². The molecule has 0 atom stereocenters. The number of morpholine rings is 1. The predicted octanol–water partition coefficient (Wildman–Crippen LogP) is 3.55. The fraction of sp³-hybridized carbons (Fsp3) is 0.364. The molecular weight excluding hydrogens is 457 g/mol. The summed E-state index contributed by atoms with van der Waals surface area (Å²) in [4.78, 5) is 39.5. The molecule has 0 unspecified atom stereocenters.